The second-order valence-corrected chi connectivity index (χ2v) is 10.2. The summed E-state index contributed by atoms with van der Waals surface area (Å²) in [6, 6.07) is 21.4. The molecule has 0 spiro atoms. The maximum Gasteiger partial charge on any atom is 0.261 e. The molecule has 0 N–H and O–H groups in total. The minimum absolute atomic E-state index is 0.0270. The summed E-state index contributed by atoms with van der Waals surface area (Å²) in [5, 5.41) is 0. The maximum absolute atomic E-state index is 12.9. The van der Waals surface area contributed by atoms with Crippen LogP contribution in [0.15, 0.2) is 92.9 Å². The van der Waals surface area contributed by atoms with E-state index >= 15 is 0 Å². The van der Waals surface area contributed by atoms with Crippen LogP contribution in [0.25, 0.3) is 12.2 Å². The van der Waals surface area contributed by atoms with Gasteiger partial charge in [-0.05, 0) is 59.7 Å². The van der Waals surface area contributed by atoms with E-state index in [0.29, 0.717) is 22.5 Å². The van der Waals surface area contributed by atoms with Crippen molar-refractivity contribution < 1.29 is 19.2 Å². The zero-order valence-electron chi connectivity index (χ0n) is 18.8. The predicted molar refractivity (Wildman–Crippen MR) is 145 cm³/mol. The molecule has 2 aliphatic rings. The van der Waals surface area contributed by atoms with Gasteiger partial charge in [-0.2, -0.15) is 0 Å². The first-order valence-corrected chi connectivity index (χ1v) is 12.7. The van der Waals surface area contributed by atoms with Gasteiger partial charge in [-0.1, -0.05) is 68.3 Å². The fourth-order valence-corrected chi connectivity index (χ4v) is 4.99. The Labute approximate surface area is 224 Å². The van der Waals surface area contributed by atoms with Crippen LogP contribution >= 0.6 is 31.9 Å². The number of halogens is 2. The molecule has 4 amide bonds. The van der Waals surface area contributed by atoms with E-state index < -0.39 is 0 Å². The molecule has 0 aromatic heterocycles. The largest absolute Gasteiger partial charge is 0.274 e. The number of anilines is 2. The van der Waals surface area contributed by atoms with Crippen molar-refractivity contribution in [2.75, 3.05) is 9.80 Å². The molecular weight excluding hydrogens is 588 g/mol. The molecule has 178 valence electrons. The van der Waals surface area contributed by atoms with Gasteiger partial charge in [-0.25, -0.2) is 9.80 Å². The van der Waals surface area contributed by atoms with Crippen molar-refractivity contribution in [2.45, 2.75) is 12.8 Å². The van der Waals surface area contributed by atoms with E-state index in [-0.39, 0.29) is 36.5 Å². The lowest BCUT2D eigenvalue weighted by molar-refractivity contribution is -0.122. The minimum atomic E-state index is -0.341. The van der Waals surface area contributed by atoms with Gasteiger partial charge < -0.3 is 0 Å². The average molecular weight is 606 g/mol. The SMILES string of the molecule is O=C1C/C(=C/c2ccc(/C=C3\CC(=O)N(c4cccc(Br)c4)C3=O)cc2)C(=O)N1c1cccc(Br)c1. The van der Waals surface area contributed by atoms with Gasteiger partial charge in [-0.15, -0.1) is 0 Å². The average Bonchev–Trinajstić information content (AvgIpc) is 3.28. The topological polar surface area (TPSA) is 74.8 Å². The number of amides is 4. The van der Waals surface area contributed by atoms with Crippen LogP contribution in [0.4, 0.5) is 11.4 Å². The monoisotopic (exact) mass is 604 g/mol. The fraction of sp³-hybridized carbons (Fsp3) is 0.0714. The maximum atomic E-state index is 12.9. The first kappa shape index (κ1) is 24.1. The Morgan fingerprint density at radius 1 is 0.583 bits per heavy atom. The van der Waals surface area contributed by atoms with Gasteiger partial charge >= 0.3 is 0 Å². The molecule has 8 heteroatoms. The molecule has 0 aliphatic carbocycles. The molecule has 3 aromatic carbocycles. The molecule has 2 heterocycles. The molecule has 0 radical (unpaired) electrons. The number of hydrogen-bond donors (Lipinski definition) is 0. The van der Waals surface area contributed by atoms with Crippen molar-refractivity contribution >= 4 is 79.0 Å². The van der Waals surface area contributed by atoms with Gasteiger partial charge in [0.1, 0.15) is 0 Å². The molecule has 0 unspecified atom stereocenters. The molecule has 3 aromatic rings. The lowest BCUT2D eigenvalue weighted by Gasteiger charge is -2.13. The number of carbonyl (C=O) groups is 4. The lowest BCUT2D eigenvalue weighted by Crippen LogP contribution is -2.28. The van der Waals surface area contributed by atoms with Crippen molar-refractivity contribution in [1.82, 2.24) is 0 Å². The van der Waals surface area contributed by atoms with Gasteiger partial charge in [0, 0.05) is 20.1 Å². The number of nitrogens with zero attached hydrogens (tertiary/aromatic N) is 2. The summed E-state index contributed by atoms with van der Waals surface area (Å²) in [7, 11) is 0. The second kappa shape index (κ2) is 9.79. The van der Waals surface area contributed by atoms with E-state index in [2.05, 4.69) is 31.9 Å². The molecule has 36 heavy (non-hydrogen) atoms. The Balaban J connectivity index is 1.34. The van der Waals surface area contributed by atoms with Crippen molar-refractivity contribution in [1.29, 1.82) is 0 Å². The van der Waals surface area contributed by atoms with E-state index in [4.69, 9.17) is 0 Å². The Bertz CT molecular complexity index is 1380. The van der Waals surface area contributed by atoms with Crippen LogP contribution in [0.5, 0.6) is 0 Å². The lowest BCUT2D eigenvalue weighted by atomic mass is 10.1. The summed E-state index contributed by atoms with van der Waals surface area (Å²) in [6.45, 7) is 0. The van der Waals surface area contributed by atoms with Gasteiger partial charge in [0.2, 0.25) is 11.8 Å². The number of benzene rings is 3. The number of carbonyl (C=O) groups excluding carboxylic acids is 4. The molecule has 0 saturated carbocycles. The Hall–Kier alpha value is -3.62. The molecule has 2 aliphatic heterocycles. The molecular formula is C28H18Br2N2O4. The van der Waals surface area contributed by atoms with E-state index in [0.717, 1.165) is 20.1 Å². The summed E-state index contributed by atoms with van der Waals surface area (Å²) in [5.41, 5.74) is 3.39. The first-order valence-electron chi connectivity index (χ1n) is 11.1. The standard InChI is InChI=1S/C28H18Br2N2O4/c29-21-3-1-5-23(15-21)31-25(33)13-19(27(31)35)11-17-7-9-18(10-8-17)12-20-14-26(34)32(28(20)36)24-6-2-4-22(30)16-24/h1-12,15-16H,13-14H2/b19-11-,20-12+. The van der Waals surface area contributed by atoms with Crippen molar-refractivity contribution in [2.24, 2.45) is 0 Å². The minimum Gasteiger partial charge on any atom is -0.274 e. The first-order chi connectivity index (χ1) is 17.3. The highest BCUT2D eigenvalue weighted by Crippen LogP contribution is 2.31. The van der Waals surface area contributed by atoms with Gasteiger partial charge in [0.15, 0.2) is 0 Å². The third-order valence-corrected chi connectivity index (χ3v) is 6.88. The Morgan fingerprint density at radius 2 is 0.972 bits per heavy atom. The van der Waals surface area contributed by atoms with E-state index in [9.17, 15) is 19.2 Å². The second-order valence-electron chi connectivity index (χ2n) is 8.39. The predicted octanol–water partition coefficient (Wildman–Crippen LogP) is 5.91. The number of imide groups is 2. The van der Waals surface area contributed by atoms with E-state index in [1.165, 1.54) is 9.80 Å². The molecule has 0 bridgehead atoms. The number of hydrogen-bond acceptors (Lipinski definition) is 4. The van der Waals surface area contributed by atoms with Crippen LogP contribution in [0.1, 0.15) is 24.0 Å². The quantitative estimate of drug-likeness (QED) is 0.274. The normalized spacial score (nSPS) is 18.3. The van der Waals surface area contributed by atoms with Crippen LogP contribution in [0.2, 0.25) is 0 Å². The fourth-order valence-electron chi connectivity index (χ4n) is 4.22. The zero-order valence-corrected chi connectivity index (χ0v) is 22.0. The molecule has 2 fully saturated rings. The summed E-state index contributed by atoms with van der Waals surface area (Å²) in [5.74, 6) is -1.23. The van der Waals surface area contributed by atoms with Crippen LogP contribution in [-0.4, -0.2) is 23.6 Å². The zero-order chi connectivity index (χ0) is 25.4. The molecule has 6 nitrogen and oxygen atoms in total. The van der Waals surface area contributed by atoms with Gasteiger partial charge in [-0.3, -0.25) is 19.2 Å². The molecule has 2 saturated heterocycles. The summed E-state index contributed by atoms with van der Waals surface area (Å²) < 4.78 is 1.56. The van der Waals surface area contributed by atoms with Crippen LogP contribution < -0.4 is 9.80 Å². The summed E-state index contributed by atoms with van der Waals surface area (Å²) in [6.07, 6.45) is 3.46. The highest BCUT2D eigenvalue weighted by molar-refractivity contribution is 9.10. The Morgan fingerprint density at radius 3 is 1.33 bits per heavy atom. The summed E-state index contributed by atoms with van der Waals surface area (Å²) in [4.78, 5) is 53.2. The third-order valence-electron chi connectivity index (χ3n) is 5.89. The van der Waals surface area contributed by atoms with E-state index in [1.807, 2.05) is 36.4 Å². The Kier molecular flexibility index (Phi) is 6.55. The van der Waals surface area contributed by atoms with Crippen LogP contribution in [0.3, 0.4) is 0 Å². The molecule has 0 atom stereocenters. The molecule has 5 rings (SSSR count). The van der Waals surface area contributed by atoms with Crippen LogP contribution in [0, 0.1) is 0 Å². The van der Waals surface area contributed by atoms with Gasteiger partial charge in [0.05, 0.1) is 24.2 Å². The number of rotatable bonds is 4. The van der Waals surface area contributed by atoms with E-state index in [1.54, 1.807) is 48.6 Å². The van der Waals surface area contributed by atoms with Crippen molar-refractivity contribution in [3.8, 4) is 0 Å². The smallest absolute Gasteiger partial charge is 0.261 e. The van der Waals surface area contributed by atoms with Crippen molar-refractivity contribution in [3.05, 3.63) is 104 Å². The third kappa shape index (κ3) is 4.74. The van der Waals surface area contributed by atoms with Crippen molar-refractivity contribution in [3.63, 3.8) is 0 Å². The van der Waals surface area contributed by atoms with Gasteiger partial charge in [0.25, 0.3) is 11.8 Å². The highest BCUT2D eigenvalue weighted by Gasteiger charge is 2.36. The van der Waals surface area contributed by atoms with Crippen LogP contribution in [-0.2, 0) is 19.2 Å². The summed E-state index contributed by atoms with van der Waals surface area (Å²) >= 11 is 6.74. The highest BCUT2D eigenvalue weighted by atomic mass is 79.9.